The minimum Gasteiger partial charge on any atom is -0.486 e. The highest BCUT2D eigenvalue weighted by atomic mass is 16.6. The summed E-state index contributed by atoms with van der Waals surface area (Å²) in [5, 5.41) is 6.31. The van der Waals surface area contributed by atoms with Crippen molar-refractivity contribution in [1.82, 2.24) is 10.6 Å². The third-order valence-electron chi connectivity index (χ3n) is 3.70. The highest BCUT2D eigenvalue weighted by Crippen LogP contribution is 2.34. The smallest absolute Gasteiger partial charge is 0.407 e. The third kappa shape index (κ3) is 4.28. The lowest BCUT2D eigenvalue weighted by Crippen LogP contribution is -2.36. The van der Waals surface area contributed by atoms with Gasteiger partial charge in [-0.15, -0.1) is 0 Å². The Morgan fingerprint density at radius 3 is 2.83 bits per heavy atom. The molecule has 0 spiro atoms. The van der Waals surface area contributed by atoms with E-state index < -0.39 is 5.60 Å². The lowest BCUT2D eigenvalue weighted by atomic mass is 10.1. The molecule has 1 saturated carbocycles. The lowest BCUT2D eigenvalue weighted by Gasteiger charge is -2.21. The molecule has 0 aromatic heterocycles. The second-order valence-corrected chi connectivity index (χ2v) is 6.92. The Hall–Kier alpha value is -1.95. The number of carbonyl (C=O) groups is 1. The summed E-state index contributed by atoms with van der Waals surface area (Å²) in [6, 6.07) is 6.30. The number of fused-ring (bicyclic) bond motifs is 1. The van der Waals surface area contributed by atoms with Gasteiger partial charge >= 0.3 is 6.09 Å². The lowest BCUT2D eigenvalue weighted by molar-refractivity contribution is 0.0522. The molecule has 1 aromatic carbocycles. The van der Waals surface area contributed by atoms with Gasteiger partial charge in [0.05, 0.1) is 0 Å². The Labute approximate surface area is 136 Å². The fraction of sp³-hybridized carbons (Fsp3) is 0.588. The van der Waals surface area contributed by atoms with Crippen molar-refractivity contribution >= 4 is 6.09 Å². The minimum atomic E-state index is -0.470. The molecule has 1 amide bonds. The number of carbonyl (C=O) groups excluding carboxylic acids is 1. The van der Waals surface area contributed by atoms with Crippen LogP contribution in [0.2, 0.25) is 0 Å². The summed E-state index contributed by atoms with van der Waals surface area (Å²) in [5.74, 6) is 1.62. The predicted octanol–water partition coefficient (Wildman–Crippen LogP) is 2.21. The third-order valence-corrected chi connectivity index (χ3v) is 3.70. The van der Waals surface area contributed by atoms with Crippen molar-refractivity contribution < 1.29 is 19.0 Å². The van der Waals surface area contributed by atoms with E-state index in [0.29, 0.717) is 19.8 Å². The van der Waals surface area contributed by atoms with Crippen LogP contribution in [-0.2, 0) is 11.3 Å². The molecule has 0 radical (unpaired) electrons. The van der Waals surface area contributed by atoms with Gasteiger partial charge in [-0.2, -0.15) is 0 Å². The maximum absolute atomic E-state index is 11.7. The Balaban J connectivity index is 1.47. The first-order valence-corrected chi connectivity index (χ1v) is 8.03. The number of ether oxygens (including phenoxy) is 3. The first-order chi connectivity index (χ1) is 10.9. The van der Waals surface area contributed by atoms with Crippen LogP contribution in [0.4, 0.5) is 4.79 Å². The normalized spacial score (nSPS) is 22.4. The number of amides is 1. The molecule has 1 fully saturated rings. The summed E-state index contributed by atoms with van der Waals surface area (Å²) >= 11 is 0. The second-order valence-electron chi connectivity index (χ2n) is 6.92. The summed E-state index contributed by atoms with van der Waals surface area (Å²) in [6.07, 6.45) is 0.548. The second kappa shape index (κ2) is 6.28. The summed E-state index contributed by atoms with van der Waals surface area (Å²) in [5.41, 5.74) is 0.604. The molecule has 6 heteroatoms. The summed E-state index contributed by atoms with van der Waals surface area (Å²) in [7, 11) is 0. The van der Waals surface area contributed by atoms with Gasteiger partial charge in [0.25, 0.3) is 0 Å². The molecule has 2 N–H and O–H groups in total. The van der Waals surface area contributed by atoms with Gasteiger partial charge < -0.3 is 24.8 Å². The molecule has 6 nitrogen and oxygen atoms in total. The zero-order valence-electron chi connectivity index (χ0n) is 13.8. The van der Waals surface area contributed by atoms with Crippen molar-refractivity contribution in [3.8, 4) is 11.5 Å². The van der Waals surface area contributed by atoms with Crippen molar-refractivity contribution in [3.05, 3.63) is 23.8 Å². The van der Waals surface area contributed by atoms with Gasteiger partial charge in [0.2, 0.25) is 0 Å². The SMILES string of the molecule is CC(C)(C)OC(=O)NC1CC1NCc1cccc2c1OCCO2. The number of hydrogen-bond acceptors (Lipinski definition) is 5. The van der Waals surface area contributed by atoms with Crippen molar-refractivity contribution in [3.63, 3.8) is 0 Å². The Kier molecular flexibility index (Phi) is 4.35. The number of rotatable bonds is 4. The number of para-hydroxylation sites is 1. The van der Waals surface area contributed by atoms with Gasteiger partial charge in [-0.1, -0.05) is 12.1 Å². The van der Waals surface area contributed by atoms with Gasteiger partial charge in [0, 0.05) is 24.2 Å². The van der Waals surface area contributed by atoms with E-state index in [-0.39, 0.29) is 18.2 Å². The van der Waals surface area contributed by atoms with E-state index in [9.17, 15) is 4.79 Å². The van der Waals surface area contributed by atoms with Crippen molar-refractivity contribution in [2.45, 2.75) is 51.4 Å². The molecular formula is C17H24N2O4. The molecule has 126 valence electrons. The summed E-state index contributed by atoms with van der Waals surface area (Å²) in [4.78, 5) is 11.7. The van der Waals surface area contributed by atoms with Crippen LogP contribution in [0, 0.1) is 0 Å². The fourth-order valence-corrected chi connectivity index (χ4v) is 2.55. The molecule has 1 aliphatic carbocycles. The average molecular weight is 320 g/mol. The summed E-state index contributed by atoms with van der Waals surface area (Å²) < 4.78 is 16.5. The van der Waals surface area contributed by atoms with Gasteiger partial charge in [0.1, 0.15) is 18.8 Å². The Morgan fingerprint density at radius 1 is 1.26 bits per heavy atom. The highest BCUT2D eigenvalue weighted by molar-refractivity contribution is 5.68. The van der Waals surface area contributed by atoms with Gasteiger partial charge in [-0.05, 0) is 33.3 Å². The zero-order chi connectivity index (χ0) is 16.4. The predicted molar refractivity (Wildman–Crippen MR) is 85.8 cm³/mol. The topological polar surface area (TPSA) is 68.8 Å². The van der Waals surface area contributed by atoms with Crippen LogP contribution in [0.1, 0.15) is 32.8 Å². The molecule has 1 aromatic rings. The molecule has 0 bridgehead atoms. The van der Waals surface area contributed by atoms with Crippen molar-refractivity contribution in [1.29, 1.82) is 0 Å². The van der Waals surface area contributed by atoms with Crippen LogP contribution in [0.15, 0.2) is 18.2 Å². The number of nitrogens with one attached hydrogen (secondary N) is 2. The zero-order valence-corrected chi connectivity index (χ0v) is 13.8. The molecule has 2 aliphatic rings. The van der Waals surface area contributed by atoms with E-state index in [1.165, 1.54) is 0 Å². The molecule has 3 rings (SSSR count). The van der Waals surface area contributed by atoms with E-state index in [2.05, 4.69) is 10.6 Å². The quantitative estimate of drug-likeness (QED) is 0.890. The fourth-order valence-electron chi connectivity index (χ4n) is 2.55. The van der Waals surface area contributed by atoms with Crippen LogP contribution in [-0.4, -0.2) is 37.0 Å². The maximum Gasteiger partial charge on any atom is 0.407 e. The molecule has 1 aliphatic heterocycles. The molecule has 1 heterocycles. The van der Waals surface area contributed by atoms with Crippen LogP contribution in [0.5, 0.6) is 11.5 Å². The van der Waals surface area contributed by atoms with E-state index in [1.54, 1.807) is 0 Å². The molecule has 2 atom stereocenters. The number of benzene rings is 1. The van der Waals surface area contributed by atoms with E-state index >= 15 is 0 Å². The standard InChI is InChI=1S/C17H24N2O4/c1-17(2,3)23-16(20)19-13-9-12(13)18-10-11-5-4-6-14-15(11)22-8-7-21-14/h4-6,12-13,18H,7-10H2,1-3H3,(H,19,20). The van der Waals surface area contributed by atoms with E-state index in [1.807, 2.05) is 39.0 Å². The van der Waals surface area contributed by atoms with Gasteiger partial charge in [-0.25, -0.2) is 4.79 Å². The van der Waals surface area contributed by atoms with Crippen molar-refractivity contribution in [2.24, 2.45) is 0 Å². The average Bonchev–Trinajstić information content (AvgIpc) is 3.21. The minimum absolute atomic E-state index is 0.126. The monoisotopic (exact) mass is 320 g/mol. The van der Waals surface area contributed by atoms with Gasteiger partial charge in [-0.3, -0.25) is 0 Å². The van der Waals surface area contributed by atoms with Crippen molar-refractivity contribution in [2.75, 3.05) is 13.2 Å². The largest absolute Gasteiger partial charge is 0.486 e. The summed E-state index contributed by atoms with van der Waals surface area (Å²) in [6.45, 7) is 7.43. The number of alkyl carbamates (subject to hydrolysis) is 1. The molecule has 2 unspecified atom stereocenters. The van der Waals surface area contributed by atoms with Crippen LogP contribution in [0.25, 0.3) is 0 Å². The van der Waals surface area contributed by atoms with E-state index in [4.69, 9.17) is 14.2 Å². The molecule has 0 saturated heterocycles. The maximum atomic E-state index is 11.7. The van der Waals surface area contributed by atoms with Crippen LogP contribution >= 0.6 is 0 Å². The Morgan fingerprint density at radius 2 is 2.04 bits per heavy atom. The highest BCUT2D eigenvalue weighted by Gasteiger charge is 2.39. The van der Waals surface area contributed by atoms with Crippen LogP contribution in [0.3, 0.4) is 0 Å². The first-order valence-electron chi connectivity index (χ1n) is 8.03. The van der Waals surface area contributed by atoms with Crippen LogP contribution < -0.4 is 20.1 Å². The molecular weight excluding hydrogens is 296 g/mol. The van der Waals surface area contributed by atoms with E-state index in [0.717, 1.165) is 23.5 Å². The number of hydrogen-bond donors (Lipinski definition) is 2. The Bertz CT molecular complexity index is 582. The molecule has 23 heavy (non-hydrogen) atoms. The first kappa shape index (κ1) is 15.9. The van der Waals surface area contributed by atoms with Gasteiger partial charge in [0.15, 0.2) is 11.5 Å².